The van der Waals surface area contributed by atoms with Crippen LogP contribution in [0.2, 0.25) is 0 Å². The molecule has 0 spiro atoms. The maximum atomic E-state index is 8.64. The van der Waals surface area contributed by atoms with E-state index in [-0.39, 0.29) is 0 Å². The monoisotopic (exact) mass is 244 g/mol. The van der Waals surface area contributed by atoms with E-state index in [1.807, 2.05) is 18.3 Å². The molecule has 0 saturated heterocycles. The van der Waals surface area contributed by atoms with Gasteiger partial charge in [0.2, 0.25) is 0 Å². The van der Waals surface area contributed by atoms with Gasteiger partial charge in [-0.25, -0.2) is 0 Å². The normalized spacial score (nSPS) is 9.78. The number of azide groups is 1. The summed E-state index contributed by atoms with van der Waals surface area (Å²) in [6.45, 7) is 2.80. The molecule has 0 saturated carbocycles. The van der Waals surface area contributed by atoms with Gasteiger partial charge in [-0.1, -0.05) is 11.2 Å². The smallest absolute Gasteiger partial charge is 0.0635 e. The van der Waals surface area contributed by atoms with Crippen LogP contribution in [0.15, 0.2) is 29.6 Å². The van der Waals surface area contributed by atoms with Crippen LogP contribution in [0.1, 0.15) is 18.4 Å². The molecule has 0 N–H and O–H groups in total. The van der Waals surface area contributed by atoms with Crippen molar-refractivity contribution in [3.05, 3.63) is 40.5 Å². The fraction of sp³-hybridized carbons (Fsp3) is 0.500. The van der Waals surface area contributed by atoms with Gasteiger partial charge < -0.3 is 0 Å². The summed E-state index contributed by atoms with van der Waals surface area (Å²) in [4.78, 5) is 8.97. The summed E-state index contributed by atoms with van der Waals surface area (Å²) in [6.07, 6.45) is 4.87. The largest absolute Gasteiger partial charge is 0.298 e. The van der Waals surface area contributed by atoms with Gasteiger partial charge >= 0.3 is 0 Å². The lowest BCUT2D eigenvalue weighted by Gasteiger charge is -2.20. The molecule has 0 amide bonds. The van der Waals surface area contributed by atoms with E-state index in [2.05, 4.69) is 26.0 Å². The van der Waals surface area contributed by atoms with E-state index in [1.54, 1.807) is 6.20 Å². The van der Waals surface area contributed by atoms with E-state index in [1.165, 1.54) is 0 Å². The molecule has 0 unspecified atom stereocenters. The van der Waals surface area contributed by atoms with E-state index in [0.29, 0.717) is 13.0 Å². The number of hydrogen-bond donors (Lipinski definition) is 0. The van der Waals surface area contributed by atoms with Gasteiger partial charge in [0.15, 0.2) is 0 Å². The molecular formula is C12H16N6. The van der Waals surface area contributed by atoms with Gasteiger partial charge in [0.1, 0.15) is 0 Å². The van der Waals surface area contributed by atoms with Gasteiger partial charge in [-0.05, 0) is 30.1 Å². The van der Waals surface area contributed by atoms with Crippen LogP contribution in [0.3, 0.4) is 0 Å². The maximum absolute atomic E-state index is 8.64. The summed E-state index contributed by atoms with van der Waals surface area (Å²) in [6, 6.07) is 6.06. The Morgan fingerprint density at radius 3 is 3.06 bits per heavy atom. The van der Waals surface area contributed by atoms with Crippen molar-refractivity contribution in [3.63, 3.8) is 0 Å². The van der Waals surface area contributed by atoms with E-state index in [9.17, 15) is 0 Å². The van der Waals surface area contributed by atoms with Gasteiger partial charge in [-0.3, -0.25) is 9.88 Å². The lowest BCUT2D eigenvalue weighted by molar-refractivity contribution is 0.269. The van der Waals surface area contributed by atoms with Gasteiger partial charge in [0.05, 0.1) is 6.07 Å². The fourth-order valence-electron chi connectivity index (χ4n) is 1.64. The highest BCUT2D eigenvalue weighted by Gasteiger charge is 2.05. The number of aromatic nitrogens is 1. The Morgan fingerprint density at radius 2 is 2.39 bits per heavy atom. The first-order valence-corrected chi connectivity index (χ1v) is 5.86. The van der Waals surface area contributed by atoms with Crippen LogP contribution in [0.5, 0.6) is 0 Å². The zero-order valence-corrected chi connectivity index (χ0v) is 10.2. The number of nitrogens with zero attached hydrogens (tertiary/aromatic N) is 6. The molecule has 1 aromatic heterocycles. The third kappa shape index (κ3) is 5.85. The van der Waals surface area contributed by atoms with Crippen molar-refractivity contribution in [1.29, 1.82) is 5.26 Å². The van der Waals surface area contributed by atoms with Crippen LogP contribution in [-0.4, -0.2) is 29.5 Å². The first-order valence-electron chi connectivity index (χ1n) is 5.86. The van der Waals surface area contributed by atoms with E-state index in [0.717, 1.165) is 31.6 Å². The van der Waals surface area contributed by atoms with Crippen molar-refractivity contribution < 1.29 is 0 Å². The predicted molar refractivity (Wildman–Crippen MR) is 68.4 cm³/mol. The minimum Gasteiger partial charge on any atom is -0.298 e. The first kappa shape index (κ1) is 14.0. The topological polar surface area (TPSA) is 88.7 Å². The summed E-state index contributed by atoms with van der Waals surface area (Å²) < 4.78 is 0. The molecule has 94 valence electrons. The number of hydrogen-bond acceptors (Lipinski definition) is 4. The van der Waals surface area contributed by atoms with Gasteiger partial charge in [0, 0.05) is 43.4 Å². The lowest BCUT2D eigenvalue weighted by Crippen LogP contribution is -2.26. The maximum Gasteiger partial charge on any atom is 0.0635 e. The molecule has 0 fully saturated rings. The van der Waals surface area contributed by atoms with Crippen molar-refractivity contribution in [2.75, 3.05) is 19.6 Å². The molecule has 0 aliphatic heterocycles. The first-order chi connectivity index (χ1) is 8.86. The average Bonchev–Trinajstić information content (AvgIpc) is 2.41. The number of rotatable bonds is 8. The molecule has 0 aromatic carbocycles. The quantitative estimate of drug-likeness (QED) is 0.304. The van der Waals surface area contributed by atoms with Crippen LogP contribution in [-0.2, 0) is 6.54 Å². The standard InChI is InChI=1S/C12H16N6/c13-5-2-8-18(9-3-7-16-17-14)11-12-4-1-6-15-10-12/h1,4,6,10H,2-3,7-9,11H2. The van der Waals surface area contributed by atoms with Crippen molar-refractivity contribution >= 4 is 0 Å². The van der Waals surface area contributed by atoms with Crippen LogP contribution in [0.4, 0.5) is 0 Å². The van der Waals surface area contributed by atoms with E-state index >= 15 is 0 Å². The molecule has 0 aliphatic rings. The SMILES string of the molecule is N#CCCN(CCCN=[N+]=[N-])Cc1cccnc1. The number of pyridine rings is 1. The third-order valence-corrected chi connectivity index (χ3v) is 2.46. The van der Waals surface area contributed by atoms with Crippen molar-refractivity contribution in [1.82, 2.24) is 9.88 Å². The molecule has 1 aromatic rings. The van der Waals surface area contributed by atoms with Crippen LogP contribution in [0, 0.1) is 11.3 Å². The summed E-state index contributed by atoms with van der Waals surface area (Å²) >= 11 is 0. The third-order valence-electron chi connectivity index (χ3n) is 2.46. The zero-order valence-electron chi connectivity index (χ0n) is 10.2. The van der Waals surface area contributed by atoms with Crippen molar-refractivity contribution in [2.45, 2.75) is 19.4 Å². The van der Waals surface area contributed by atoms with Crippen molar-refractivity contribution in [3.8, 4) is 6.07 Å². The highest BCUT2D eigenvalue weighted by molar-refractivity contribution is 5.08. The second-order valence-electron chi connectivity index (χ2n) is 3.85. The molecule has 18 heavy (non-hydrogen) atoms. The van der Waals surface area contributed by atoms with Crippen molar-refractivity contribution in [2.24, 2.45) is 5.11 Å². The van der Waals surface area contributed by atoms with E-state index in [4.69, 9.17) is 10.8 Å². The molecule has 0 atom stereocenters. The van der Waals surface area contributed by atoms with Gasteiger partial charge in [-0.15, -0.1) is 0 Å². The molecule has 1 rings (SSSR count). The fourth-order valence-corrected chi connectivity index (χ4v) is 1.64. The van der Waals surface area contributed by atoms with Gasteiger partial charge in [-0.2, -0.15) is 5.26 Å². The zero-order chi connectivity index (χ0) is 13.1. The molecule has 6 heteroatoms. The highest BCUT2D eigenvalue weighted by atomic mass is 15.1. The summed E-state index contributed by atoms with van der Waals surface area (Å²) in [7, 11) is 0. The molecule has 0 bridgehead atoms. The molecule has 0 radical (unpaired) electrons. The minimum absolute atomic E-state index is 0.493. The average molecular weight is 244 g/mol. The van der Waals surface area contributed by atoms with Crippen LogP contribution in [0.25, 0.3) is 10.4 Å². The molecule has 0 aliphatic carbocycles. The van der Waals surface area contributed by atoms with E-state index < -0.39 is 0 Å². The molecule has 6 nitrogen and oxygen atoms in total. The molecule has 1 heterocycles. The Hall–Kier alpha value is -2.09. The molecular weight excluding hydrogens is 228 g/mol. The summed E-state index contributed by atoms with van der Waals surface area (Å²) in [5.41, 5.74) is 9.33. The van der Waals surface area contributed by atoms with Gasteiger partial charge in [0.25, 0.3) is 0 Å². The Kier molecular flexibility index (Phi) is 6.98. The Morgan fingerprint density at radius 1 is 1.50 bits per heavy atom. The Labute approximate surface area is 106 Å². The Bertz CT molecular complexity index is 418. The van der Waals surface area contributed by atoms with Crippen LogP contribution >= 0.6 is 0 Å². The summed E-state index contributed by atoms with van der Waals surface area (Å²) in [5, 5.41) is 12.1. The Balaban J connectivity index is 2.44. The second kappa shape index (κ2) is 8.99. The minimum atomic E-state index is 0.493. The lowest BCUT2D eigenvalue weighted by atomic mass is 10.2. The number of nitriles is 1. The van der Waals surface area contributed by atoms with Crippen LogP contribution < -0.4 is 0 Å². The second-order valence-corrected chi connectivity index (χ2v) is 3.85. The highest BCUT2D eigenvalue weighted by Crippen LogP contribution is 2.04. The summed E-state index contributed by atoms with van der Waals surface area (Å²) in [5.74, 6) is 0. The predicted octanol–water partition coefficient (Wildman–Crippen LogP) is 2.50.